The van der Waals surface area contributed by atoms with E-state index in [0.29, 0.717) is 5.69 Å². The third-order valence-corrected chi connectivity index (χ3v) is 2.39. The molecule has 0 atom stereocenters. The SMILES string of the molecule is O=C(Nc1cccnc1)c1c[n+](O)ccc1Cl. The zero-order chi connectivity index (χ0) is 12.3. The number of carbonyl (C=O) groups excluding carboxylic acids is 1. The maximum Gasteiger partial charge on any atom is 0.263 e. The van der Waals surface area contributed by atoms with Gasteiger partial charge in [0.1, 0.15) is 5.56 Å². The summed E-state index contributed by atoms with van der Waals surface area (Å²) in [7, 11) is 0. The maximum absolute atomic E-state index is 11.8. The quantitative estimate of drug-likeness (QED) is 0.627. The van der Waals surface area contributed by atoms with Crippen LogP contribution in [0.4, 0.5) is 5.69 Å². The summed E-state index contributed by atoms with van der Waals surface area (Å²) in [6.07, 6.45) is 5.69. The van der Waals surface area contributed by atoms with Crippen LogP contribution in [-0.4, -0.2) is 16.1 Å². The molecule has 0 aromatic carbocycles. The molecule has 86 valence electrons. The van der Waals surface area contributed by atoms with Crippen LogP contribution in [0.5, 0.6) is 0 Å². The van der Waals surface area contributed by atoms with E-state index < -0.39 is 5.91 Å². The van der Waals surface area contributed by atoms with Gasteiger partial charge in [-0.3, -0.25) is 15.0 Å². The molecule has 0 saturated heterocycles. The number of carbonyl (C=O) groups is 1. The minimum atomic E-state index is -0.411. The number of hydrogen-bond donors (Lipinski definition) is 2. The normalized spacial score (nSPS) is 9.94. The summed E-state index contributed by atoms with van der Waals surface area (Å²) in [4.78, 5) is 15.7. The lowest BCUT2D eigenvalue weighted by Gasteiger charge is -2.03. The monoisotopic (exact) mass is 250 g/mol. The fourth-order valence-electron chi connectivity index (χ4n) is 1.27. The van der Waals surface area contributed by atoms with E-state index in [1.807, 2.05) is 0 Å². The molecule has 6 heteroatoms. The zero-order valence-corrected chi connectivity index (χ0v) is 9.43. The van der Waals surface area contributed by atoms with Gasteiger partial charge in [-0.2, -0.15) is 0 Å². The van der Waals surface area contributed by atoms with E-state index in [9.17, 15) is 10.0 Å². The lowest BCUT2D eigenvalue weighted by Crippen LogP contribution is -2.31. The van der Waals surface area contributed by atoms with Crippen molar-refractivity contribution >= 4 is 23.2 Å². The number of aromatic nitrogens is 2. The number of nitrogens with zero attached hydrogens (tertiary/aromatic N) is 2. The minimum absolute atomic E-state index is 0.181. The van der Waals surface area contributed by atoms with Crippen LogP contribution < -0.4 is 10.0 Å². The smallest absolute Gasteiger partial charge is 0.263 e. The summed E-state index contributed by atoms with van der Waals surface area (Å²) < 4.78 is 0.768. The van der Waals surface area contributed by atoms with Gasteiger partial charge in [0.05, 0.1) is 16.9 Å². The summed E-state index contributed by atoms with van der Waals surface area (Å²) in [5.41, 5.74) is 0.738. The Labute approximate surface area is 102 Å². The van der Waals surface area contributed by atoms with Crippen LogP contribution in [0.1, 0.15) is 10.4 Å². The second-order valence-electron chi connectivity index (χ2n) is 3.28. The Kier molecular flexibility index (Phi) is 3.20. The molecule has 2 aromatic heterocycles. The van der Waals surface area contributed by atoms with E-state index in [1.54, 1.807) is 18.3 Å². The molecular formula is C11H9ClN3O2+. The van der Waals surface area contributed by atoms with E-state index in [1.165, 1.54) is 24.7 Å². The molecule has 0 radical (unpaired) electrons. The fraction of sp³-hybridized carbons (Fsp3) is 0. The number of pyridine rings is 2. The first-order valence-corrected chi connectivity index (χ1v) is 5.16. The summed E-state index contributed by atoms with van der Waals surface area (Å²) in [5, 5.41) is 12.1. The summed E-state index contributed by atoms with van der Waals surface area (Å²) in [6, 6.07) is 4.84. The van der Waals surface area contributed by atoms with Crippen LogP contribution in [0.15, 0.2) is 43.0 Å². The third kappa shape index (κ3) is 2.70. The highest BCUT2D eigenvalue weighted by Gasteiger charge is 2.15. The van der Waals surface area contributed by atoms with Crippen molar-refractivity contribution in [3.63, 3.8) is 0 Å². The van der Waals surface area contributed by atoms with Gasteiger partial charge in [-0.15, -0.1) is 0 Å². The predicted octanol–water partition coefficient (Wildman–Crippen LogP) is 1.51. The van der Waals surface area contributed by atoms with E-state index >= 15 is 0 Å². The number of anilines is 1. The molecular weight excluding hydrogens is 242 g/mol. The molecule has 0 saturated carbocycles. The summed E-state index contributed by atoms with van der Waals surface area (Å²) in [5.74, 6) is -0.411. The van der Waals surface area contributed by atoms with Gasteiger partial charge in [0.15, 0.2) is 0 Å². The van der Waals surface area contributed by atoms with Gasteiger partial charge in [-0.05, 0) is 12.1 Å². The highest BCUT2D eigenvalue weighted by Crippen LogP contribution is 2.14. The highest BCUT2D eigenvalue weighted by molar-refractivity contribution is 6.34. The molecule has 1 amide bonds. The lowest BCUT2D eigenvalue weighted by atomic mass is 10.2. The Morgan fingerprint density at radius 1 is 1.47 bits per heavy atom. The molecule has 0 aliphatic heterocycles. The largest absolute Gasteiger partial charge is 0.320 e. The lowest BCUT2D eigenvalue weighted by molar-refractivity contribution is -0.904. The number of nitrogens with one attached hydrogen (secondary N) is 1. The van der Waals surface area contributed by atoms with Crippen molar-refractivity contribution in [2.75, 3.05) is 5.32 Å². The molecule has 0 aliphatic carbocycles. The number of halogens is 1. The van der Waals surface area contributed by atoms with Crippen LogP contribution in [0.2, 0.25) is 5.02 Å². The van der Waals surface area contributed by atoms with E-state index in [2.05, 4.69) is 10.3 Å². The van der Waals surface area contributed by atoms with Crippen LogP contribution in [-0.2, 0) is 0 Å². The van der Waals surface area contributed by atoms with Gasteiger partial charge >= 0.3 is 0 Å². The average Bonchev–Trinajstić information content (AvgIpc) is 2.33. The predicted molar refractivity (Wildman–Crippen MR) is 61.0 cm³/mol. The molecule has 0 unspecified atom stereocenters. The summed E-state index contributed by atoms with van der Waals surface area (Å²) >= 11 is 5.86. The second-order valence-corrected chi connectivity index (χ2v) is 3.69. The Balaban J connectivity index is 2.23. The first-order valence-electron chi connectivity index (χ1n) is 4.78. The van der Waals surface area contributed by atoms with Crippen LogP contribution in [0, 0.1) is 0 Å². The van der Waals surface area contributed by atoms with Gasteiger partial charge in [0.2, 0.25) is 12.4 Å². The second kappa shape index (κ2) is 4.80. The molecule has 0 spiro atoms. The number of rotatable bonds is 2. The van der Waals surface area contributed by atoms with Crippen molar-refractivity contribution in [1.29, 1.82) is 0 Å². The molecule has 2 aromatic rings. The standard InChI is InChI=1S/C11H8ClN3O2/c12-10-3-5-15(17)7-9(10)11(16)14-8-2-1-4-13-6-8/h1-7H,(H-,14,16,17)/p+1. The topological polar surface area (TPSA) is 66.1 Å². The van der Waals surface area contributed by atoms with Gasteiger partial charge < -0.3 is 5.32 Å². The Hall–Kier alpha value is -2.14. The molecule has 2 heterocycles. The Bertz CT molecular complexity index is 546. The molecule has 2 N–H and O–H groups in total. The Morgan fingerprint density at radius 3 is 3.00 bits per heavy atom. The molecule has 0 bridgehead atoms. The molecule has 0 aliphatic rings. The van der Waals surface area contributed by atoms with E-state index in [-0.39, 0.29) is 10.6 Å². The minimum Gasteiger partial charge on any atom is -0.320 e. The number of hydrogen-bond acceptors (Lipinski definition) is 3. The van der Waals surface area contributed by atoms with Crippen LogP contribution in [0.3, 0.4) is 0 Å². The molecule has 17 heavy (non-hydrogen) atoms. The zero-order valence-electron chi connectivity index (χ0n) is 8.67. The average molecular weight is 251 g/mol. The van der Waals surface area contributed by atoms with Gasteiger partial charge in [-0.1, -0.05) is 11.6 Å². The molecule has 0 fully saturated rings. The molecule has 5 nitrogen and oxygen atoms in total. The summed E-state index contributed by atoms with van der Waals surface area (Å²) in [6.45, 7) is 0. The van der Waals surface area contributed by atoms with E-state index in [0.717, 1.165) is 4.73 Å². The van der Waals surface area contributed by atoms with Crippen LogP contribution in [0.25, 0.3) is 0 Å². The fourth-order valence-corrected chi connectivity index (χ4v) is 1.46. The van der Waals surface area contributed by atoms with Crippen molar-refractivity contribution in [3.8, 4) is 0 Å². The first kappa shape index (κ1) is 11.3. The van der Waals surface area contributed by atoms with Gasteiger partial charge in [0, 0.05) is 17.0 Å². The van der Waals surface area contributed by atoms with Gasteiger partial charge in [-0.25, -0.2) is 0 Å². The number of amides is 1. The third-order valence-electron chi connectivity index (χ3n) is 2.06. The van der Waals surface area contributed by atoms with Crippen molar-refractivity contribution in [2.45, 2.75) is 0 Å². The molecule has 2 rings (SSSR count). The Morgan fingerprint density at radius 2 is 2.29 bits per heavy atom. The van der Waals surface area contributed by atoms with E-state index in [4.69, 9.17) is 11.6 Å². The van der Waals surface area contributed by atoms with Crippen LogP contribution >= 0.6 is 11.6 Å². The van der Waals surface area contributed by atoms with Crippen molar-refractivity contribution in [1.82, 2.24) is 4.98 Å². The van der Waals surface area contributed by atoms with Crippen molar-refractivity contribution in [3.05, 3.63) is 53.6 Å². The first-order chi connectivity index (χ1) is 8.16. The van der Waals surface area contributed by atoms with Crippen molar-refractivity contribution < 1.29 is 14.7 Å². The maximum atomic E-state index is 11.8. The van der Waals surface area contributed by atoms with Crippen molar-refractivity contribution in [2.24, 2.45) is 0 Å². The van der Waals surface area contributed by atoms with Gasteiger partial charge in [0.25, 0.3) is 5.91 Å². The highest BCUT2D eigenvalue weighted by atomic mass is 35.5.